The summed E-state index contributed by atoms with van der Waals surface area (Å²) in [6, 6.07) is 10.1. The van der Waals surface area contributed by atoms with Crippen LogP contribution in [0.2, 0.25) is 0 Å². The number of benzene rings is 2. The van der Waals surface area contributed by atoms with Gasteiger partial charge in [-0.05, 0) is 61.1 Å². The highest BCUT2D eigenvalue weighted by Crippen LogP contribution is 2.33. The maximum Gasteiger partial charge on any atom is 0.416 e. The van der Waals surface area contributed by atoms with Crippen molar-refractivity contribution >= 4 is 27.7 Å². The number of amides is 2. The molecule has 8 nitrogen and oxygen atoms in total. The van der Waals surface area contributed by atoms with Gasteiger partial charge >= 0.3 is 6.18 Å². The van der Waals surface area contributed by atoms with Crippen molar-refractivity contribution in [1.29, 1.82) is 0 Å². The second-order valence-electron chi connectivity index (χ2n) is 10.2. The summed E-state index contributed by atoms with van der Waals surface area (Å²) in [6.07, 6.45) is -3.78. The van der Waals surface area contributed by atoms with Crippen molar-refractivity contribution in [2.45, 2.75) is 44.3 Å². The van der Waals surface area contributed by atoms with E-state index < -0.39 is 27.3 Å². The Kier molecular flexibility index (Phi) is 7.91. The number of nitrogens with zero attached hydrogens (tertiary/aromatic N) is 3. The molecule has 0 saturated carbocycles. The van der Waals surface area contributed by atoms with Gasteiger partial charge in [0.05, 0.1) is 11.3 Å². The van der Waals surface area contributed by atoms with Gasteiger partial charge in [-0.25, -0.2) is 12.7 Å². The van der Waals surface area contributed by atoms with Crippen LogP contribution in [0.4, 0.5) is 13.2 Å². The first kappa shape index (κ1) is 28.8. The predicted octanol–water partition coefficient (Wildman–Crippen LogP) is 3.19. The zero-order chi connectivity index (χ0) is 28.6. The van der Waals surface area contributed by atoms with Crippen molar-refractivity contribution in [2.75, 3.05) is 32.9 Å². The molecule has 210 valence electrons. The fourth-order valence-corrected chi connectivity index (χ4v) is 6.40. The molecular formula is C27H31F3N4O4S. The van der Waals surface area contributed by atoms with Crippen LogP contribution in [0.3, 0.4) is 0 Å². The van der Waals surface area contributed by atoms with Crippen LogP contribution in [-0.2, 0) is 33.8 Å². The molecule has 2 aromatic rings. The Morgan fingerprint density at radius 1 is 1.13 bits per heavy atom. The number of sulfonamides is 1. The van der Waals surface area contributed by atoms with Gasteiger partial charge < -0.3 is 10.2 Å². The number of halogens is 3. The Morgan fingerprint density at radius 2 is 1.82 bits per heavy atom. The Hall–Kier alpha value is -3.25. The molecule has 0 radical (unpaired) electrons. The standard InChI is InChI=1S/C27H31F3N4O4S/c1-18-15-21(24(35)33(2)3)8-7-20(18)9-14-39(37,38)34-12-10-26(11-13-34)25(36)31-23(32-26)17-19-5-4-6-22(16-19)27(28,29)30/h4-8,15-16H,9-14,17H2,1-3H3,(H,31,32,36). The second kappa shape index (κ2) is 10.7. The maximum atomic E-state index is 13.1. The number of hydrogen-bond acceptors (Lipinski definition) is 5. The molecule has 0 unspecified atom stereocenters. The van der Waals surface area contributed by atoms with Crippen LogP contribution in [0.25, 0.3) is 0 Å². The Bertz CT molecular complexity index is 1410. The lowest BCUT2D eigenvalue weighted by atomic mass is 9.89. The molecule has 0 aromatic heterocycles. The summed E-state index contributed by atoms with van der Waals surface area (Å²) in [5.74, 6) is -0.319. The molecule has 4 rings (SSSR count). The summed E-state index contributed by atoms with van der Waals surface area (Å²) in [5, 5.41) is 2.68. The van der Waals surface area contributed by atoms with Crippen LogP contribution >= 0.6 is 0 Å². The fraction of sp³-hybridized carbons (Fsp3) is 0.444. The molecule has 39 heavy (non-hydrogen) atoms. The molecule has 2 aliphatic heterocycles. The van der Waals surface area contributed by atoms with Crippen molar-refractivity contribution in [3.8, 4) is 0 Å². The van der Waals surface area contributed by atoms with Gasteiger partial charge in [-0.1, -0.05) is 24.3 Å². The lowest BCUT2D eigenvalue weighted by Gasteiger charge is -2.34. The lowest BCUT2D eigenvalue weighted by Crippen LogP contribution is -2.50. The van der Waals surface area contributed by atoms with Crippen molar-refractivity contribution in [3.05, 3.63) is 70.3 Å². The Morgan fingerprint density at radius 3 is 2.44 bits per heavy atom. The normalized spacial score (nSPS) is 17.7. The van der Waals surface area contributed by atoms with Gasteiger partial charge in [-0.2, -0.15) is 13.2 Å². The van der Waals surface area contributed by atoms with Crippen molar-refractivity contribution in [1.82, 2.24) is 14.5 Å². The quantitative estimate of drug-likeness (QED) is 0.559. The zero-order valence-electron chi connectivity index (χ0n) is 22.0. The number of carbonyl (C=O) groups excluding carboxylic acids is 2. The van der Waals surface area contributed by atoms with Crippen molar-refractivity contribution in [2.24, 2.45) is 4.99 Å². The third-order valence-corrected chi connectivity index (χ3v) is 9.10. The third-order valence-electron chi connectivity index (χ3n) is 7.22. The van der Waals surface area contributed by atoms with E-state index in [-0.39, 0.29) is 62.2 Å². The van der Waals surface area contributed by atoms with Crippen molar-refractivity contribution < 1.29 is 31.2 Å². The van der Waals surface area contributed by atoms with Crippen LogP contribution in [-0.4, -0.2) is 73.7 Å². The number of amidine groups is 1. The average Bonchev–Trinajstić information content (AvgIpc) is 3.16. The number of alkyl halides is 3. The first-order chi connectivity index (χ1) is 18.2. The smallest absolute Gasteiger partial charge is 0.345 e. The number of aryl methyl sites for hydroxylation is 2. The van der Waals surface area contributed by atoms with Crippen molar-refractivity contribution in [3.63, 3.8) is 0 Å². The Labute approximate surface area is 225 Å². The largest absolute Gasteiger partial charge is 0.416 e. The van der Waals surface area contributed by atoms with E-state index in [0.29, 0.717) is 11.1 Å². The molecule has 1 fully saturated rings. The molecule has 2 aromatic carbocycles. The zero-order valence-corrected chi connectivity index (χ0v) is 22.8. The number of rotatable bonds is 7. The minimum absolute atomic E-state index is 0.0394. The molecule has 2 aliphatic rings. The highest BCUT2D eigenvalue weighted by Gasteiger charge is 2.47. The predicted molar refractivity (Wildman–Crippen MR) is 141 cm³/mol. The SMILES string of the molecule is Cc1cc(C(=O)N(C)C)ccc1CCS(=O)(=O)N1CCC2(CC1)N=C(Cc1cccc(C(F)(F)F)c1)NC2=O. The summed E-state index contributed by atoms with van der Waals surface area (Å²) in [7, 11) is -0.281. The van der Waals surface area contributed by atoms with Crippen LogP contribution in [0, 0.1) is 6.92 Å². The summed E-state index contributed by atoms with van der Waals surface area (Å²) >= 11 is 0. The van der Waals surface area contributed by atoms with E-state index in [0.717, 1.165) is 23.3 Å². The first-order valence-corrected chi connectivity index (χ1v) is 14.2. The molecule has 1 saturated heterocycles. The van der Waals surface area contributed by atoms with Crippen LogP contribution in [0.1, 0.15) is 45.5 Å². The van der Waals surface area contributed by atoms with E-state index in [4.69, 9.17) is 0 Å². The number of hydrogen-bond donors (Lipinski definition) is 1. The molecule has 2 amide bonds. The van der Waals surface area contributed by atoms with Gasteiger partial charge in [-0.3, -0.25) is 14.6 Å². The van der Waals surface area contributed by atoms with Crippen LogP contribution in [0.15, 0.2) is 47.5 Å². The molecule has 12 heteroatoms. The van der Waals surface area contributed by atoms with E-state index in [1.807, 2.05) is 6.92 Å². The second-order valence-corrected chi connectivity index (χ2v) is 12.3. The maximum absolute atomic E-state index is 13.1. The van der Waals surface area contributed by atoms with E-state index in [1.165, 1.54) is 15.3 Å². The molecule has 1 N–H and O–H groups in total. The molecule has 2 heterocycles. The monoisotopic (exact) mass is 564 g/mol. The topological polar surface area (TPSA) is 99.2 Å². The van der Waals surface area contributed by atoms with Gasteiger partial charge in [0.2, 0.25) is 10.0 Å². The van der Waals surface area contributed by atoms with Crippen LogP contribution < -0.4 is 5.32 Å². The first-order valence-electron chi connectivity index (χ1n) is 12.6. The number of carbonyl (C=O) groups is 2. The van der Waals surface area contributed by atoms with Gasteiger partial charge in [0.1, 0.15) is 11.4 Å². The Balaban J connectivity index is 1.38. The minimum atomic E-state index is -4.47. The lowest BCUT2D eigenvalue weighted by molar-refractivity contribution is -0.137. The van der Waals surface area contributed by atoms with Gasteiger partial charge in [0.15, 0.2) is 0 Å². The van der Waals surface area contributed by atoms with E-state index in [9.17, 15) is 31.2 Å². The van der Waals surface area contributed by atoms with E-state index in [2.05, 4.69) is 10.3 Å². The van der Waals surface area contributed by atoms with E-state index in [1.54, 1.807) is 38.4 Å². The van der Waals surface area contributed by atoms with E-state index >= 15 is 0 Å². The molecule has 0 aliphatic carbocycles. The highest BCUT2D eigenvalue weighted by molar-refractivity contribution is 7.89. The van der Waals surface area contributed by atoms with Gasteiger partial charge in [0, 0.05) is 39.2 Å². The third kappa shape index (κ3) is 6.33. The van der Waals surface area contributed by atoms with Gasteiger partial charge in [-0.15, -0.1) is 0 Å². The summed E-state index contributed by atoms with van der Waals surface area (Å²) in [5.41, 5.74) is 0.686. The summed E-state index contributed by atoms with van der Waals surface area (Å²) < 4.78 is 66.6. The van der Waals surface area contributed by atoms with Crippen LogP contribution in [0.5, 0.6) is 0 Å². The minimum Gasteiger partial charge on any atom is -0.345 e. The number of aliphatic imine (C=N–C) groups is 1. The molecule has 0 bridgehead atoms. The molecule has 0 atom stereocenters. The molecular weight excluding hydrogens is 533 g/mol. The number of piperidine rings is 1. The summed E-state index contributed by atoms with van der Waals surface area (Å²) in [6.45, 7) is 2.07. The molecule has 1 spiro atoms. The average molecular weight is 565 g/mol. The number of nitrogens with one attached hydrogen (secondary N) is 1. The van der Waals surface area contributed by atoms with Gasteiger partial charge in [0.25, 0.3) is 11.8 Å². The fourth-order valence-electron chi connectivity index (χ4n) is 4.93. The summed E-state index contributed by atoms with van der Waals surface area (Å²) in [4.78, 5) is 31.0. The highest BCUT2D eigenvalue weighted by atomic mass is 32.2.